The van der Waals surface area contributed by atoms with Crippen LogP contribution < -0.4 is 0 Å². The van der Waals surface area contributed by atoms with Gasteiger partial charge < -0.3 is 9.80 Å². The first kappa shape index (κ1) is 24.7. The van der Waals surface area contributed by atoms with Gasteiger partial charge in [0.05, 0.1) is 0 Å². The number of unbranched alkanes of at least 4 members (excludes halogenated alkanes) is 5. The van der Waals surface area contributed by atoms with Gasteiger partial charge in [-0.2, -0.15) is 0 Å². The van der Waals surface area contributed by atoms with Crippen LogP contribution in [0.1, 0.15) is 111 Å². The molecular formula is C26H50N2O. The van der Waals surface area contributed by atoms with E-state index in [4.69, 9.17) is 0 Å². The van der Waals surface area contributed by atoms with Gasteiger partial charge in [0.1, 0.15) is 0 Å². The number of hydrogen-bond donors (Lipinski definition) is 0. The van der Waals surface area contributed by atoms with Gasteiger partial charge in [0, 0.05) is 32.1 Å². The lowest BCUT2D eigenvalue weighted by molar-refractivity contribution is -0.140. The molecule has 2 unspecified atom stereocenters. The fraction of sp³-hybridized carbons (Fsp3) is 0.962. The fourth-order valence-corrected chi connectivity index (χ4v) is 5.44. The van der Waals surface area contributed by atoms with Crippen molar-refractivity contribution in [2.75, 3.05) is 32.7 Å². The van der Waals surface area contributed by atoms with Crippen LogP contribution in [0.2, 0.25) is 0 Å². The molecule has 3 heteroatoms. The van der Waals surface area contributed by atoms with Gasteiger partial charge in [-0.3, -0.25) is 4.79 Å². The molecule has 0 saturated carbocycles. The summed E-state index contributed by atoms with van der Waals surface area (Å²) in [6.07, 6.45) is 16.9. The Kier molecular flexibility index (Phi) is 11.0. The largest absolute Gasteiger partial charge is 0.342 e. The first-order chi connectivity index (χ1) is 14.0. The van der Waals surface area contributed by atoms with E-state index in [1.807, 2.05) is 0 Å². The topological polar surface area (TPSA) is 23.6 Å². The quantitative estimate of drug-likeness (QED) is 0.307. The van der Waals surface area contributed by atoms with Crippen molar-refractivity contribution >= 4 is 5.91 Å². The minimum Gasteiger partial charge on any atom is -0.342 e. The van der Waals surface area contributed by atoms with Gasteiger partial charge in [-0.05, 0) is 50.0 Å². The molecule has 0 bridgehead atoms. The lowest BCUT2D eigenvalue weighted by Gasteiger charge is -2.54. The van der Waals surface area contributed by atoms with E-state index in [2.05, 4.69) is 37.5 Å². The predicted octanol–water partition coefficient (Wildman–Crippen LogP) is 6.51. The Hall–Kier alpha value is -0.570. The summed E-state index contributed by atoms with van der Waals surface area (Å²) >= 11 is 0. The van der Waals surface area contributed by atoms with Crippen molar-refractivity contribution in [2.24, 2.45) is 17.3 Å². The fourth-order valence-electron chi connectivity index (χ4n) is 5.44. The van der Waals surface area contributed by atoms with Crippen LogP contribution in [0.25, 0.3) is 0 Å². The van der Waals surface area contributed by atoms with Gasteiger partial charge in [0.25, 0.3) is 0 Å². The second kappa shape index (κ2) is 13.0. The summed E-state index contributed by atoms with van der Waals surface area (Å²) in [5, 5.41) is 0. The zero-order valence-electron chi connectivity index (χ0n) is 20.2. The minimum absolute atomic E-state index is 0.220. The van der Waals surface area contributed by atoms with Gasteiger partial charge in [-0.15, -0.1) is 0 Å². The molecule has 0 aliphatic carbocycles. The third-order valence-corrected chi connectivity index (χ3v) is 7.64. The van der Waals surface area contributed by atoms with Gasteiger partial charge in [0.15, 0.2) is 0 Å². The second-order valence-electron chi connectivity index (χ2n) is 10.5. The molecule has 0 radical (unpaired) electrons. The number of carbonyl (C=O) groups excluding carboxylic acids is 1. The van der Waals surface area contributed by atoms with Crippen molar-refractivity contribution in [3.63, 3.8) is 0 Å². The van der Waals surface area contributed by atoms with Crippen LogP contribution in [-0.4, -0.2) is 48.4 Å². The number of carbonyl (C=O) groups is 1. The highest BCUT2D eigenvalue weighted by molar-refractivity contribution is 5.78. The van der Waals surface area contributed by atoms with Crippen molar-refractivity contribution < 1.29 is 4.79 Å². The predicted molar refractivity (Wildman–Crippen MR) is 125 cm³/mol. The Morgan fingerprint density at radius 3 is 2.07 bits per heavy atom. The summed E-state index contributed by atoms with van der Waals surface area (Å²) in [5.74, 6) is 1.54. The van der Waals surface area contributed by atoms with E-state index in [0.29, 0.717) is 11.3 Å². The lowest BCUT2D eigenvalue weighted by Crippen LogP contribution is -2.61. The highest BCUT2D eigenvalue weighted by atomic mass is 16.2. The zero-order chi connectivity index (χ0) is 21.1. The van der Waals surface area contributed by atoms with Crippen molar-refractivity contribution in [1.82, 2.24) is 9.80 Å². The second-order valence-corrected chi connectivity index (χ2v) is 10.5. The molecule has 1 spiro atoms. The monoisotopic (exact) mass is 406 g/mol. The molecule has 2 aliphatic heterocycles. The molecule has 2 atom stereocenters. The van der Waals surface area contributed by atoms with E-state index in [9.17, 15) is 4.79 Å². The number of rotatable bonds is 14. The molecule has 2 aliphatic rings. The molecule has 0 aromatic rings. The first-order valence-electron chi connectivity index (χ1n) is 13.0. The number of likely N-dealkylation sites (tertiary alicyclic amines) is 2. The summed E-state index contributed by atoms with van der Waals surface area (Å²) in [6.45, 7) is 15.0. The van der Waals surface area contributed by atoms with Crippen LogP contribution in [0.4, 0.5) is 0 Å². The molecule has 2 fully saturated rings. The number of nitrogens with zero attached hydrogens (tertiary/aromatic N) is 2. The molecule has 3 nitrogen and oxygen atoms in total. The lowest BCUT2D eigenvalue weighted by atomic mass is 9.71. The van der Waals surface area contributed by atoms with Crippen molar-refractivity contribution in [2.45, 2.75) is 111 Å². The van der Waals surface area contributed by atoms with E-state index in [1.165, 1.54) is 96.7 Å². The average molecular weight is 407 g/mol. The molecule has 0 aromatic carbocycles. The van der Waals surface area contributed by atoms with Gasteiger partial charge in [-0.25, -0.2) is 0 Å². The average Bonchev–Trinajstić information content (AvgIpc) is 2.70. The van der Waals surface area contributed by atoms with Crippen molar-refractivity contribution in [3.05, 3.63) is 0 Å². The van der Waals surface area contributed by atoms with E-state index in [0.717, 1.165) is 25.4 Å². The molecule has 2 rings (SSSR count). The maximum Gasteiger partial charge on any atom is 0.225 e. The summed E-state index contributed by atoms with van der Waals surface area (Å²) in [7, 11) is 0. The molecule has 170 valence electrons. The Morgan fingerprint density at radius 1 is 0.828 bits per heavy atom. The van der Waals surface area contributed by atoms with Crippen molar-refractivity contribution in [1.29, 1.82) is 0 Å². The van der Waals surface area contributed by atoms with Gasteiger partial charge >= 0.3 is 0 Å². The van der Waals surface area contributed by atoms with Gasteiger partial charge in [-0.1, -0.05) is 79.1 Å². The number of hydrogen-bond acceptors (Lipinski definition) is 2. The Morgan fingerprint density at radius 2 is 1.41 bits per heavy atom. The van der Waals surface area contributed by atoms with Crippen LogP contribution >= 0.6 is 0 Å². The van der Waals surface area contributed by atoms with Crippen LogP contribution in [0.15, 0.2) is 0 Å². The number of amides is 1. The molecule has 1 amide bonds. The molecular weight excluding hydrogens is 356 g/mol. The van der Waals surface area contributed by atoms with E-state index in [1.54, 1.807) is 0 Å². The molecule has 0 N–H and O–H groups in total. The minimum atomic E-state index is 0.220. The maximum atomic E-state index is 12.8. The molecule has 0 aromatic heterocycles. The van der Waals surface area contributed by atoms with Crippen LogP contribution in [0.5, 0.6) is 0 Å². The Labute approximate surface area is 182 Å². The van der Waals surface area contributed by atoms with Crippen LogP contribution in [0.3, 0.4) is 0 Å². The molecule has 2 heterocycles. The van der Waals surface area contributed by atoms with Crippen molar-refractivity contribution in [3.8, 4) is 0 Å². The normalized spacial score (nSPS) is 21.2. The van der Waals surface area contributed by atoms with E-state index in [-0.39, 0.29) is 5.92 Å². The first-order valence-corrected chi connectivity index (χ1v) is 13.0. The molecule has 2 saturated heterocycles. The zero-order valence-corrected chi connectivity index (χ0v) is 20.2. The third-order valence-electron chi connectivity index (χ3n) is 7.64. The Balaban J connectivity index is 1.56. The SMILES string of the molecule is CCCCCCC(C)C(=O)N1CCC2(CC1)CN(CCCC(C)CCCCC)C2. The highest BCUT2D eigenvalue weighted by Crippen LogP contribution is 2.40. The maximum absolute atomic E-state index is 12.8. The summed E-state index contributed by atoms with van der Waals surface area (Å²) in [6, 6.07) is 0. The summed E-state index contributed by atoms with van der Waals surface area (Å²) in [4.78, 5) is 17.6. The summed E-state index contributed by atoms with van der Waals surface area (Å²) < 4.78 is 0. The van der Waals surface area contributed by atoms with Crippen LogP contribution in [-0.2, 0) is 4.79 Å². The van der Waals surface area contributed by atoms with Crippen LogP contribution in [0, 0.1) is 17.3 Å². The Bertz CT molecular complexity index is 448. The van der Waals surface area contributed by atoms with E-state index < -0.39 is 0 Å². The third kappa shape index (κ3) is 8.23. The standard InChI is InChI=1S/C26H50N2O/c1-5-7-9-11-15-24(4)25(29)28-19-16-26(17-20-28)21-27(22-26)18-12-14-23(3)13-10-8-6-2/h23-24H,5-22H2,1-4H3. The summed E-state index contributed by atoms with van der Waals surface area (Å²) in [5.41, 5.74) is 0.536. The molecule has 29 heavy (non-hydrogen) atoms. The van der Waals surface area contributed by atoms with E-state index >= 15 is 0 Å². The smallest absolute Gasteiger partial charge is 0.225 e. The highest BCUT2D eigenvalue weighted by Gasteiger charge is 2.45. The number of piperidine rings is 1. The van der Waals surface area contributed by atoms with Gasteiger partial charge in [0.2, 0.25) is 5.91 Å².